The van der Waals surface area contributed by atoms with E-state index >= 15 is 0 Å². The Labute approximate surface area is 132 Å². The van der Waals surface area contributed by atoms with Crippen molar-refractivity contribution in [1.29, 1.82) is 0 Å². The highest BCUT2D eigenvalue weighted by molar-refractivity contribution is 7.89. The summed E-state index contributed by atoms with van der Waals surface area (Å²) in [5.41, 5.74) is -0.563. The van der Waals surface area contributed by atoms with Crippen molar-refractivity contribution >= 4 is 10.0 Å². The van der Waals surface area contributed by atoms with Gasteiger partial charge in [0.2, 0.25) is 10.0 Å². The lowest BCUT2D eigenvalue weighted by Crippen LogP contribution is -2.31. The lowest BCUT2D eigenvalue weighted by Gasteiger charge is -2.22. The van der Waals surface area contributed by atoms with E-state index in [0.29, 0.717) is 5.56 Å². The average molecular weight is 347 g/mol. The molecule has 2 aromatic rings. The number of halogens is 3. The normalized spacial score (nSPS) is 12.8. The maximum atomic E-state index is 13.1. The Hall–Kier alpha value is -1.87. The van der Waals surface area contributed by atoms with Gasteiger partial charge in [0.25, 0.3) is 0 Å². The third-order valence-corrected chi connectivity index (χ3v) is 5.26. The molecule has 0 unspecified atom stereocenters. The summed E-state index contributed by atoms with van der Waals surface area (Å²) in [7, 11) is -2.60. The highest BCUT2D eigenvalue weighted by atomic mass is 32.2. The first-order chi connectivity index (χ1) is 10.7. The van der Waals surface area contributed by atoms with Gasteiger partial charge in [-0.1, -0.05) is 19.1 Å². The molecule has 23 heavy (non-hydrogen) atoms. The van der Waals surface area contributed by atoms with Gasteiger partial charge in [-0.05, 0) is 12.1 Å². The first kappa shape index (κ1) is 17.5. The Morgan fingerprint density at radius 1 is 1.26 bits per heavy atom. The number of rotatable bonds is 5. The van der Waals surface area contributed by atoms with Gasteiger partial charge in [-0.25, -0.2) is 8.42 Å². The van der Waals surface area contributed by atoms with E-state index < -0.39 is 26.7 Å². The summed E-state index contributed by atoms with van der Waals surface area (Å²) in [5.74, 6) is 0. The Bertz CT molecular complexity index is 785. The second-order valence-electron chi connectivity index (χ2n) is 4.95. The number of benzene rings is 1. The van der Waals surface area contributed by atoms with E-state index in [4.69, 9.17) is 0 Å². The van der Waals surface area contributed by atoms with Crippen molar-refractivity contribution < 1.29 is 21.6 Å². The maximum Gasteiger partial charge on any atom is 0.417 e. The van der Waals surface area contributed by atoms with Gasteiger partial charge < -0.3 is 0 Å². The summed E-state index contributed by atoms with van der Waals surface area (Å²) in [6.07, 6.45) is -1.64. The lowest BCUT2D eigenvalue weighted by molar-refractivity contribution is -0.139. The zero-order valence-corrected chi connectivity index (χ0v) is 13.4. The van der Waals surface area contributed by atoms with Crippen molar-refractivity contribution in [3.05, 3.63) is 47.8 Å². The fourth-order valence-electron chi connectivity index (χ4n) is 2.19. The van der Waals surface area contributed by atoms with Gasteiger partial charge in [-0.2, -0.15) is 22.6 Å². The topological polar surface area (TPSA) is 55.2 Å². The summed E-state index contributed by atoms with van der Waals surface area (Å²) in [5, 5.41) is 3.93. The van der Waals surface area contributed by atoms with E-state index in [1.54, 1.807) is 20.2 Å². The fourth-order valence-corrected chi connectivity index (χ4v) is 3.84. The second-order valence-corrected chi connectivity index (χ2v) is 6.85. The summed E-state index contributed by atoms with van der Waals surface area (Å²) in [6, 6.07) is 4.19. The van der Waals surface area contributed by atoms with Crippen molar-refractivity contribution in [3.63, 3.8) is 0 Å². The molecule has 1 heterocycles. The van der Waals surface area contributed by atoms with Crippen LogP contribution in [0.3, 0.4) is 0 Å². The molecule has 1 aromatic carbocycles. The van der Waals surface area contributed by atoms with Crippen molar-refractivity contribution in [2.24, 2.45) is 7.05 Å². The highest BCUT2D eigenvalue weighted by Crippen LogP contribution is 2.35. The van der Waals surface area contributed by atoms with E-state index in [0.717, 1.165) is 16.4 Å². The van der Waals surface area contributed by atoms with E-state index in [-0.39, 0.29) is 13.1 Å². The summed E-state index contributed by atoms with van der Waals surface area (Å²) in [6.45, 7) is 1.58. The smallest absolute Gasteiger partial charge is 0.275 e. The van der Waals surface area contributed by atoms with Gasteiger partial charge in [-0.3, -0.25) is 4.68 Å². The number of hydrogen-bond donors (Lipinski definition) is 0. The van der Waals surface area contributed by atoms with Gasteiger partial charge in [-0.15, -0.1) is 0 Å². The van der Waals surface area contributed by atoms with Crippen LogP contribution in [0.15, 0.2) is 41.6 Å². The Kier molecular flexibility index (Phi) is 4.81. The van der Waals surface area contributed by atoms with Crippen LogP contribution in [0.5, 0.6) is 0 Å². The number of hydrogen-bond acceptors (Lipinski definition) is 3. The van der Waals surface area contributed by atoms with Gasteiger partial charge in [0, 0.05) is 31.9 Å². The molecule has 0 fully saturated rings. The van der Waals surface area contributed by atoms with Crippen molar-refractivity contribution in [1.82, 2.24) is 14.1 Å². The van der Waals surface area contributed by atoms with Gasteiger partial charge in [0.05, 0.1) is 16.7 Å². The number of alkyl halides is 3. The van der Waals surface area contributed by atoms with Crippen LogP contribution in [0.25, 0.3) is 0 Å². The molecule has 0 bridgehead atoms. The van der Waals surface area contributed by atoms with Crippen LogP contribution in [0.4, 0.5) is 13.2 Å². The first-order valence-corrected chi connectivity index (χ1v) is 8.24. The molecule has 0 saturated heterocycles. The number of aryl methyl sites for hydroxylation is 1. The summed E-state index contributed by atoms with van der Waals surface area (Å²) >= 11 is 0. The summed E-state index contributed by atoms with van der Waals surface area (Å²) in [4.78, 5) is -0.738. The third-order valence-electron chi connectivity index (χ3n) is 3.28. The van der Waals surface area contributed by atoms with E-state index in [1.807, 2.05) is 0 Å². The molecular formula is C14H16F3N3O2S. The molecule has 0 spiro atoms. The number of nitrogens with zero attached hydrogens (tertiary/aromatic N) is 3. The minimum absolute atomic E-state index is 0.0428. The van der Waals surface area contributed by atoms with E-state index in [1.165, 1.54) is 23.0 Å². The van der Waals surface area contributed by atoms with Crippen LogP contribution in [-0.2, 0) is 29.8 Å². The molecule has 0 N–H and O–H groups in total. The van der Waals surface area contributed by atoms with Gasteiger partial charge in [0.15, 0.2) is 0 Å². The minimum atomic E-state index is -4.74. The van der Waals surface area contributed by atoms with Gasteiger partial charge in [0.1, 0.15) is 0 Å². The molecule has 9 heteroatoms. The van der Waals surface area contributed by atoms with Crippen LogP contribution >= 0.6 is 0 Å². The highest BCUT2D eigenvalue weighted by Gasteiger charge is 2.38. The average Bonchev–Trinajstić information content (AvgIpc) is 2.89. The monoisotopic (exact) mass is 347 g/mol. The van der Waals surface area contributed by atoms with Crippen molar-refractivity contribution in [3.8, 4) is 0 Å². The minimum Gasteiger partial charge on any atom is -0.275 e. The predicted octanol–water partition coefficient (Wildman–Crippen LogP) is 2.65. The largest absolute Gasteiger partial charge is 0.417 e. The number of sulfonamides is 1. The standard InChI is InChI=1S/C14H16F3N3O2S/c1-3-20(10-11-8-18-19(2)9-11)23(21,22)13-7-5-4-6-12(13)14(15,16)17/h4-9H,3,10H2,1-2H3. The number of aromatic nitrogens is 2. The Morgan fingerprint density at radius 2 is 1.91 bits per heavy atom. The molecule has 0 amide bonds. The molecule has 0 radical (unpaired) electrons. The van der Waals surface area contributed by atoms with Crippen molar-refractivity contribution in [2.75, 3.05) is 6.54 Å². The summed E-state index contributed by atoms with van der Waals surface area (Å²) < 4.78 is 67.0. The van der Waals surface area contributed by atoms with E-state index in [2.05, 4.69) is 5.10 Å². The second kappa shape index (κ2) is 6.32. The zero-order valence-electron chi connectivity index (χ0n) is 12.6. The fraction of sp³-hybridized carbons (Fsp3) is 0.357. The predicted molar refractivity (Wildman–Crippen MR) is 77.9 cm³/mol. The van der Waals surface area contributed by atoms with Gasteiger partial charge >= 0.3 is 6.18 Å². The Morgan fingerprint density at radius 3 is 2.43 bits per heavy atom. The quantitative estimate of drug-likeness (QED) is 0.836. The molecule has 2 rings (SSSR count). The van der Waals surface area contributed by atoms with Crippen LogP contribution in [0, 0.1) is 0 Å². The van der Waals surface area contributed by atoms with Crippen LogP contribution < -0.4 is 0 Å². The third kappa shape index (κ3) is 3.73. The Balaban J connectivity index is 2.44. The molecule has 0 aliphatic carbocycles. The molecule has 0 atom stereocenters. The van der Waals surface area contributed by atoms with E-state index in [9.17, 15) is 21.6 Å². The zero-order chi connectivity index (χ0) is 17.3. The van der Waals surface area contributed by atoms with Crippen LogP contribution in [-0.4, -0.2) is 29.0 Å². The molecule has 5 nitrogen and oxygen atoms in total. The molecule has 126 valence electrons. The molecule has 1 aromatic heterocycles. The molecule has 0 aliphatic heterocycles. The van der Waals surface area contributed by atoms with Crippen molar-refractivity contribution in [2.45, 2.75) is 24.5 Å². The van der Waals surface area contributed by atoms with Crippen LogP contribution in [0.2, 0.25) is 0 Å². The maximum absolute atomic E-state index is 13.1. The lowest BCUT2D eigenvalue weighted by atomic mass is 10.2. The first-order valence-electron chi connectivity index (χ1n) is 6.80. The molecular weight excluding hydrogens is 331 g/mol. The SMILES string of the molecule is CCN(Cc1cnn(C)c1)S(=O)(=O)c1ccccc1C(F)(F)F. The van der Waals surface area contributed by atoms with Crippen LogP contribution in [0.1, 0.15) is 18.1 Å². The molecule has 0 saturated carbocycles. The molecule has 0 aliphatic rings.